The summed E-state index contributed by atoms with van der Waals surface area (Å²) >= 11 is 0. The Labute approximate surface area is 132 Å². The van der Waals surface area contributed by atoms with Crippen LogP contribution in [-0.4, -0.2) is 18.5 Å². The third kappa shape index (κ3) is 3.79. The van der Waals surface area contributed by atoms with Crippen molar-refractivity contribution < 1.29 is 4.79 Å². The Morgan fingerprint density at radius 2 is 1.68 bits per heavy atom. The van der Waals surface area contributed by atoms with Crippen LogP contribution in [-0.2, 0) is 4.79 Å². The molecule has 2 aromatic carbocycles. The van der Waals surface area contributed by atoms with Crippen molar-refractivity contribution in [1.29, 1.82) is 0 Å². The maximum atomic E-state index is 12.2. The van der Waals surface area contributed by atoms with Crippen molar-refractivity contribution in [2.75, 3.05) is 11.9 Å². The van der Waals surface area contributed by atoms with Gasteiger partial charge in [-0.1, -0.05) is 62.1 Å². The quantitative estimate of drug-likeness (QED) is 0.834. The summed E-state index contributed by atoms with van der Waals surface area (Å²) in [6.07, 6.45) is 7.34. The van der Waals surface area contributed by atoms with E-state index < -0.39 is 0 Å². The van der Waals surface area contributed by atoms with Crippen LogP contribution in [0.4, 0.5) is 5.69 Å². The minimum Gasteiger partial charge on any atom is -0.376 e. The Morgan fingerprint density at radius 3 is 2.50 bits per heavy atom. The third-order valence-corrected chi connectivity index (χ3v) is 4.45. The Hall–Kier alpha value is -2.03. The molecule has 1 amide bonds. The Kier molecular flexibility index (Phi) is 4.94. The Bertz CT molecular complexity index is 625. The lowest BCUT2D eigenvalue weighted by atomic mass is 10.1. The second-order valence-corrected chi connectivity index (χ2v) is 6.14. The molecule has 0 spiro atoms. The molecule has 2 N–H and O–H groups in total. The van der Waals surface area contributed by atoms with E-state index in [9.17, 15) is 4.79 Å². The van der Waals surface area contributed by atoms with E-state index in [1.54, 1.807) is 0 Å². The van der Waals surface area contributed by atoms with Gasteiger partial charge in [0.25, 0.3) is 0 Å². The van der Waals surface area contributed by atoms with Crippen LogP contribution in [0.5, 0.6) is 0 Å². The van der Waals surface area contributed by atoms with E-state index in [0.717, 1.165) is 23.9 Å². The molecule has 1 fully saturated rings. The van der Waals surface area contributed by atoms with Crippen LogP contribution in [0.3, 0.4) is 0 Å². The smallest absolute Gasteiger partial charge is 0.239 e. The van der Waals surface area contributed by atoms with Gasteiger partial charge in [-0.05, 0) is 24.3 Å². The number of nitrogens with one attached hydrogen (secondary N) is 2. The van der Waals surface area contributed by atoms with Crippen LogP contribution in [0.1, 0.15) is 38.5 Å². The molecule has 2 aromatic rings. The summed E-state index contributed by atoms with van der Waals surface area (Å²) in [5, 5.41) is 8.81. The lowest BCUT2D eigenvalue weighted by Gasteiger charge is -2.17. The number of anilines is 1. The highest BCUT2D eigenvalue weighted by Crippen LogP contribution is 2.22. The minimum atomic E-state index is 0.0971. The van der Waals surface area contributed by atoms with Crippen LogP contribution >= 0.6 is 0 Å². The zero-order valence-electron chi connectivity index (χ0n) is 13.0. The SMILES string of the molecule is O=C(CNc1cccc2ccccc12)NC1CCCCCC1. The average molecular weight is 296 g/mol. The van der Waals surface area contributed by atoms with Crippen molar-refractivity contribution in [2.24, 2.45) is 0 Å². The molecular weight excluding hydrogens is 272 g/mol. The number of hydrogen-bond acceptors (Lipinski definition) is 2. The summed E-state index contributed by atoms with van der Waals surface area (Å²) in [5.74, 6) is 0.0971. The zero-order valence-corrected chi connectivity index (χ0v) is 13.0. The fourth-order valence-corrected chi connectivity index (χ4v) is 3.26. The van der Waals surface area contributed by atoms with Gasteiger partial charge in [0, 0.05) is 17.1 Å². The highest BCUT2D eigenvalue weighted by Gasteiger charge is 2.14. The number of amides is 1. The van der Waals surface area contributed by atoms with Gasteiger partial charge in [0.1, 0.15) is 0 Å². The first-order valence-corrected chi connectivity index (χ1v) is 8.34. The van der Waals surface area contributed by atoms with Gasteiger partial charge >= 0.3 is 0 Å². The predicted octanol–water partition coefficient (Wildman–Crippen LogP) is 4.09. The molecule has 1 aliphatic rings. The van der Waals surface area contributed by atoms with Crippen molar-refractivity contribution in [2.45, 2.75) is 44.6 Å². The van der Waals surface area contributed by atoms with Gasteiger partial charge < -0.3 is 10.6 Å². The summed E-state index contributed by atoms with van der Waals surface area (Å²) in [6.45, 7) is 0.338. The number of benzene rings is 2. The molecule has 0 aromatic heterocycles. The first kappa shape index (κ1) is 14.9. The van der Waals surface area contributed by atoms with E-state index in [2.05, 4.69) is 28.8 Å². The summed E-state index contributed by atoms with van der Waals surface area (Å²) in [6, 6.07) is 14.7. The summed E-state index contributed by atoms with van der Waals surface area (Å²) in [4.78, 5) is 12.2. The van der Waals surface area contributed by atoms with Gasteiger partial charge in [0.05, 0.1) is 6.54 Å². The lowest BCUT2D eigenvalue weighted by Crippen LogP contribution is -2.38. The topological polar surface area (TPSA) is 41.1 Å². The van der Waals surface area contributed by atoms with Crippen LogP contribution < -0.4 is 10.6 Å². The highest BCUT2D eigenvalue weighted by molar-refractivity contribution is 5.95. The zero-order chi connectivity index (χ0) is 15.2. The van der Waals surface area contributed by atoms with Gasteiger partial charge in [0.15, 0.2) is 0 Å². The normalized spacial score (nSPS) is 16.2. The molecule has 22 heavy (non-hydrogen) atoms. The van der Waals surface area contributed by atoms with E-state index in [1.807, 2.05) is 24.3 Å². The maximum Gasteiger partial charge on any atom is 0.239 e. The largest absolute Gasteiger partial charge is 0.376 e. The molecule has 0 aliphatic heterocycles. The predicted molar refractivity (Wildman–Crippen MR) is 92.1 cm³/mol. The molecule has 0 saturated heterocycles. The van der Waals surface area contributed by atoms with Gasteiger partial charge in [-0.15, -0.1) is 0 Å². The molecule has 3 rings (SSSR count). The van der Waals surface area contributed by atoms with E-state index in [-0.39, 0.29) is 5.91 Å². The number of rotatable bonds is 4. The van der Waals surface area contributed by atoms with Crippen LogP contribution in [0, 0.1) is 0 Å². The summed E-state index contributed by atoms with van der Waals surface area (Å²) in [7, 11) is 0. The fraction of sp³-hybridized carbons (Fsp3) is 0.421. The van der Waals surface area contributed by atoms with Gasteiger partial charge in [-0.3, -0.25) is 4.79 Å². The van der Waals surface area contributed by atoms with Crippen LogP contribution in [0.25, 0.3) is 10.8 Å². The molecule has 1 saturated carbocycles. The van der Waals surface area contributed by atoms with Gasteiger partial charge in [-0.25, -0.2) is 0 Å². The van der Waals surface area contributed by atoms with E-state index in [4.69, 9.17) is 0 Å². The molecule has 1 aliphatic carbocycles. The molecular formula is C19H24N2O. The van der Waals surface area contributed by atoms with Crippen molar-refractivity contribution in [3.8, 4) is 0 Å². The van der Waals surface area contributed by atoms with E-state index in [1.165, 1.54) is 31.1 Å². The fourth-order valence-electron chi connectivity index (χ4n) is 3.26. The van der Waals surface area contributed by atoms with Crippen molar-refractivity contribution >= 4 is 22.4 Å². The monoisotopic (exact) mass is 296 g/mol. The molecule has 116 valence electrons. The third-order valence-electron chi connectivity index (χ3n) is 4.45. The molecule has 3 nitrogen and oxygen atoms in total. The van der Waals surface area contributed by atoms with Crippen molar-refractivity contribution in [3.05, 3.63) is 42.5 Å². The average Bonchev–Trinajstić information content (AvgIpc) is 2.81. The van der Waals surface area contributed by atoms with Crippen molar-refractivity contribution in [1.82, 2.24) is 5.32 Å². The first-order valence-electron chi connectivity index (χ1n) is 8.34. The summed E-state index contributed by atoms with van der Waals surface area (Å²) in [5.41, 5.74) is 1.02. The Balaban J connectivity index is 1.58. The molecule has 0 atom stereocenters. The second-order valence-electron chi connectivity index (χ2n) is 6.14. The van der Waals surface area contributed by atoms with E-state index in [0.29, 0.717) is 12.6 Å². The van der Waals surface area contributed by atoms with E-state index >= 15 is 0 Å². The number of hydrogen-bond donors (Lipinski definition) is 2. The number of carbonyl (C=O) groups excluding carboxylic acids is 1. The van der Waals surface area contributed by atoms with Gasteiger partial charge in [0.2, 0.25) is 5.91 Å². The highest BCUT2D eigenvalue weighted by atomic mass is 16.1. The van der Waals surface area contributed by atoms with Crippen molar-refractivity contribution in [3.63, 3.8) is 0 Å². The maximum absolute atomic E-state index is 12.2. The molecule has 0 heterocycles. The molecule has 0 radical (unpaired) electrons. The van der Waals surface area contributed by atoms with Gasteiger partial charge in [-0.2, -0.15) is 0 Å². The van der Waals surface area contributed by atoms with Crippen LogP contribution in [0.2, 0.25) is 0 Å². The Morgan fingerprint density at radius 1 is 0.955 bits per heavy atom. The molecule has 3 heteroatoms. The lowest BCUT2D eigenvalue weighted by molar-refractivity contribution is -0.120. The standard InChI is InChI=1S/C19H24N2O/c22-19(21-16-10-3-1-2-4-11-16)14-20-18-13-7-9-15-8-5-6-12-17(15)18/h5-9,12-13,16,20H,1-4,10-11,14H2,(H,21,22). The van der Waals surface area contributed by atoms with Crippen LogP contribution in [0.15, 0.2) is 42.5 Å². The minimum absolute atomic E-state index is 0.0971. The number of fused-ring (bicyclic) bond motifs is 1. The summed E-state index contributed by atoms with van der Waals surface area (Å²) < 4.78 is 0. The molecule has 0 unspecified atom stereocenters. The molecule has 0 bridgehead atoms. The second kappa shape index (κ2) is 7.30. The first-order chi connectivity index (χ1) is 10.8. The number of carbonyl (C=O) groups is 1.